The lowest BCUT2D eigenvalue weighted by atomic mass is 10.0. The second kappa shape index (κ2) is 8.58. The molecule has 1 aromatic carbocycles. The van der Waals surface area contributed by atoms with Gasteiger partial charge in [-0.2, -0.15) is 5.10 Å². The minimum Gasteiger partial charge on any atom is -0.444 e. The molecule has 1 aliphatic heterocycles. The summed E-state index contributed by atoms with van der Waals surface area (Å²) >= 11 is 5.79. The summed E-state index contributed by atoms with van der Waals surface area (Å²) in [5.74, 6) is -0.877. The van der Waals surface area contributed by atoms with Crippen molar-refractivity contribution in [2.75, 3.05) is 24.1 Å². The highest BCUT2D eigenvalue weighted by atomic mass is 35.5. The first kappa shape index (κ1) is 22.6. The van der Waals surface area contributed by atoms with Crippen molar-refractivity contribution >= 4 is 40.7 Å². The predicted octanol–water partition coefficient (Wildman–Crippen LogP) is 4.07. The number of carbonyl (C=O) groups excluding carboxylic acids is 2. The van der Waals surface area contributed by atoms with Crippen LogP contribution >= 0.6 is 11.6 Å². The summed E-state index contributed by atoms with van der Waals surface area (Å²) in [6, 6.07) is 3.89. The molecule has 2 heterocycles. The topological polar surface area (TPSA) is 102 Å². The van der Waals surface area contributed by atoms with E-state index in [1.54, 1.807) is 11.9 Å². The molecule has 8 nitrogen and oxygen atoms in total. The summed E-state index contributed by atoms with van der Waals surface area (Å²) in [6.45, 7) is 6.19. The van der Waals surface area contributed by atoms with Crippen LogP contribution < -0.4 is 11.1 Å². The Kier molecular flexibility index (Phi) is 6.26. The number of hydrogen-bond donors (Lipinski definition) is 2. The second-order valence-corrected chi connectivity index (χ2v) is 8.63. The fourth-order valence-corrected chi connectivity index (χ4v) is 3.31. The number of aryl methyl sites for hydroxylation is 1. The van der Waals surface area contributed by atoms with Gasteiger partial charge in [0.25, 0.3) is 5.91 Å². The molecule has 0 atom stereocenters. The van der Waals surface area contributed by atoms with Crippen LogP contribution in [0.1, 0.15) is 43.2 Å². The first-order chi connectivity index (χ1) is 14.5. The lowest BCUT2D eigenvalue weighted by Gasteiger charge is -2.29. The number of anilines is 2. The van der Waals surface area contributed by atoms with Gasteiger partial charge in [0.15, 0.2) is 0 Å². The van der Waals surface area contributed by atoms with Crippen LogP contribution in [0.5, 0.6) is 0 Å². The van der Waals surface area contributed by atoms with Gasteiger partial charge in [-0.15, -0.1) is 0 Å². The van der Waals surface area contributed by atoms with Gasteiger partial charge in [-0.25, -0.2) is 9.18 Å². The molecule has 1 aliphatic rings. The molecule has 10 heteroatoms. The SMILES string of the molecule is Cn1nc(C2=CCN(C(=O)OC(C)(C)C)CC2)c(C(=O)Nc2ccc(F)c(Cl)c2)c1N. The first-order valence-corrected chi connectivity index (χ1v) is 10.1. The molecular formula is C21H25ClFN5O3. The number of nitrogens with zero attached hydrogens (tertiary/aromatic N) is 3. The number of nitrogen functional groups attached to an aromatic ring is 1. The molecule has 0 radical (unpaired) electrons. The number of amides is 2. The van der Waals surface area contributed by atoms with E-state index in [0.29, 0.717) is 30.9 Å². The maximum absolute atomic E-state index is 13.4. The molecule has 31 heavy (non-hydrogen) atoms. The van der Waals surface area contributed by atoms with Crippen LogP contribution in [0.3, 0.4) is 0 Å². The summed E-state index contributed by atoms with van der Waals surface area (Å²) in [6.07, 6.45) is 1.92. The number of hydrogen-bond acceptors (Lipinski definition) is 5. The Morgan fingerprint density at radius 1 is 1.32 bits per heavy atom. The van der Waals surface area contributed by atoms with E-state index in [1.807, 2.05) is 26.8 Å². The van der Waals surface area contributed by atoms with Crippen molar-refractivity contribution in [2.45, 2.75) is 32.8 Å². The van der Waals surface area contributed by atoms with Crippen LogP contribution in [0.4, 0.5) is 20.7 Å². The van der Waals surface area contributed by atoms with Gasteiger partial charge < -0.3 is 20.7 Å². The highest BCUT2D eigenvalue weighted by Gasteiger charge is 2.28. The lowest BCUT2D eigenvalue weighted by molar-refractivity contribution is 0.0270. The van der Waals surface area contributed by atoms with Crippen LogP contribution in [0.15, 0.2) is 24.3 Å². The van der Waals surface area contributed by atoms with Crippen LogP contribution in [0.2, 0.25) is 5.02 Å². The monoisotopic (exact) mass is 449 g/mol. The van der Waals surface area contributed by atoms with E-state index in [1.165, 1.54) is 22.9 Å². The number of nitrogens with two attached hydrogens (primary N) is 1. The fourth-order valence-electron chi connectivity index (χ4n) is 3.13. The minimum atomic E-state index is -0.580. The third kappa shape index (κ3) is 5.16. The van der Waals surface area contributed by atoms with Crippen molar-refractivity contribution in [3.8, 4) is 0 Å². The molecule has 0 saturated heterocycles. The van der Waals surface area contributed by atoms with Gasteiger partial charge >= 0.3 is 6.09 Å². The first-order valence-electron chi connectivity index (χ1n) is 9.72. The van der Waals surface area contributed by atoms with Crippen molar-refractivity contribution in [1.82, 2.24) is 14.7 Å². The number of benzene rings is 1. The number of rotatable bonds is 3. The molecule has 0 aliphatic carbocycles. The van der Waals surface area contributed by atoms with E-state index in [9.17, 15) is 14.0 Å². The Morgan fingerprint density at radius 2 is 2.03 bits per heavy atom. The molecule has 0 unspecified atom stereocenters. The number of ether oxygens (including phenoxy) is 1. The van der Waals surface area contributed by atoms with Gasteiger partial charge in [0.05, 0.1) is 5.02 Å². The van der Waals surface area contributed by atoms with E-state index >= 15 is 0 Å². The Labute approximate surface area is 184 Å². The zero-order chi connectivity index (χ0) is 22.9. The number of nitrogens with one attached hydrogen (secondary N) is 1. The highest BCUT2D eigenvalue weighted by molar-refractivity contribution is 6.31. The quantitative estimate of drug-likeness (QED) is 0.735. The molecule has 2 amide bonds. The molecule has 3 N–H and O–H groups in total. The summed E-state index contributed by atoms with van der Waals surface area (Å²) in [7, 11) is 1.64. The summed E-state index contributed by atoms with van der Waals surface area (Å²) in [4.78, 5) is 26.8. The molecule has 3 rings (SSSR count). The highest BCUT2D eigenvalue weighted by Crippen LogP contribution is 2.29. The van der Waals surface area contributed by atoms with Gasteiger partial charge in [0, 0.05) is 25.8 Å². The third-order valence-electron chi connectivity index (χ3n) is 4.66. The molecule has 0 fully saturated rings. The van der Waals surface area contributed by atoms with Gasteiger partial charge in [-0.1, -0.05) is 17.7 Å². The number of carbonyl (C=O) groups is 2. The fraction of sp³-hybridized carbons (Fsp3) is 0.381. The second-order valence-electron chi connectivity index (χ2n) is 8.22. The van der Waals surface area contributed by atoms with E-state index < -0.39 is 23.4 Å². The Bertz CT molecular complexity index is 1060. The normalized spacial score (nSPS) is 14.3. The molecular weight excluding hydrogens is 425 g/mol. The molecule has 0 spiro atoms. The Morgan fingerprint density at radius 3 is 2.61 bits per heavy atom. The van der Waals surface area contributed by atoms with E-state index in [2.05, 4.69) is 10.4 Å². The van der Waals surface area contributed by atoms with Crippen molar-refractivity contribution in [2.24, 2.45) is 7.05 Å². The average molecular weight is 450 g/mol. The summed E-state index contributed by atoms with van der Waals surface area (Å²) in [5, 5.41) is 6.97. The molecule has 2 aromatic rings. The van der Waals surface area contributed by atoms with Crippen LogP contribution in [-0.2, 0) is 11.8 Å². The van der Waals surface area contributed by atoms with Crippen molar-refractivity contribution in [1.29, 1.82) is 0 Å². The summed E-state index contributed by atoms with van der Waals surface area (Å²) < 4.78 is 20.2. The van der Waals surface area contributed by atoms with Crippen molar-refractivity contribution in [3.05, 3.63) is 46.4 Å². The molecule has 166 valence electrons. The Hall–Kier alpha value is -3.07. The average Bonchev–Trinajstić information content (AvgIpc) is 2.98. The molecule has 0 bridgehead atoms. The zero-order valence-corrected chi connectivity index (χ0v) is 18.6. The molecule has 0 saturated carbocycles. The summed E-state index contributed by atoms with van der Waals surface area (Å²) in [5.41, 5.74) is 7.31. The van der Waals surface area contributed by atoms with Gasteiger partial charge in [0.2, 0.25) is 0 Å². The van der Waals surface area contributed by atoms with E-state index in [-0.39, 0.29) is 16.4 Å². The molecule has 1 aromatic heterocycles. The number of halogens is 2. The predicted molar refractivity (Wildman–Crippen MR) is 117 cm³/mol. The Balaban J connectivity index is 1.82. The van der Waals surface area contributed by atoms with E-state index in [4.69, 9.17) is 22.1 Å². The number of aromatic nitrogens is 2. The largest absolute Gasteiger partial charge is 0.444 e. The minimum absolute atomic E-state index is 0.102. The maximum atomic E-state index is 13.4. The van der Waals surface area contributed by atoms with Gasteiger partial charge in [-0.3, -0.25) is 9.48 Å². The van der Waals surface area contributed by atoms with Gasteiger partial charge in [-0.05, 0) is 51.0 Å². The van der Waals surface area contributed by atoms with Crippen molar-refractivity contribution in [3.63, 3.8) is 0 Å². The lowest BCUT2D eigenvalue weighted by Crippen LogP contribution is -2.39. The van der Waals surface area contributed by atoms with Gasteiger partial charge in [0.1, 0.15) is 28.5 Å². The van der Waals surface area contributed by atoms with Crippen LogP contribution in [0, 0.1) is 5.82 Å². The van der Waals surface area contributed by atoms with E-state index in [0.717, 1.165) is 5.57 Å². The van der Waals surface area contributed by atoms with Crippen LogP contribution in [0.25, 0.3) is 5.57 Å². The zero-order valence-electron chi connectivity index (χ0n) is 17.8. The van der Waals surface area contributed by atoms with Crippen molar-refractivity contribution < 1.29 is 18.7 Å². The standard InChI is InChI=1S/C21H25ClFN5O3/c1-21(2,3)31-20(30)28-9-7-12(8-10-28)17-16(18(24)27(4)26-17)19(29)25-13-5-6-15(23)14(22)11-13/h5-7,11H,8-10,24H2,1-4H3,(H,25,29). The maximum Gasteiger partial charge on any atom is 0.410 e. The smallest absolute Gasteiger partial charge is 0.410 e. The van der Waals surface area contributed by atoms with Crippen LogP contribution in [-0.4, -0.2) is 45.4 Å². The third-order valence-corrected chi connectivity index (χ3v) is 4.95.